The summed E-state index contributed by atoms with van der Waals surface area (Å²) in [6.07, 6.45) is 2.05. The predicted octanol–water partition coefficient (Wildman–Crippen LogP) is 2.13. The summed E-state index contributed by atoms with van der Waals surface area (Å²) in [7, 11) is 1.43. The van der Waals surface area contributed by atoms with Crippen molar-refractivity contribution in [1.29, 1.82) is 0 Å². The van der Waals surface area contributed by atoms with Gasteiger partial charge in [0.05, 0.1) is 12.2 Å². The molecular weight excluding hydrogens is 378 g/mol. The zero-order valence-electron chi connectivity index (χ0n) is 15.9. The number of ether oxygens (including phenoxy) is 1. The number of hydrogen-bond acceptors (Lipinski definition) is 6. The Hall–Kier alpha value is -3.43. The van der Waals surface area contributed by atoms with E-state index in [1.807, 2.05) is 30.3 Å². The highest BCUT2D eigenvalue weighted by molar-refractivity contribution is 5.97. The number of nitrogens with zero attached hydrogens (tertiary/aromatic N) is 5. The molecular formula is C19H21N5O5. The van der Waals surface area contributed by atoms with Crippen LogP contribution in [-0.2, 0) is 11.8 Å². The second-order valence-electron chi connectivity index (χ2n) is 7.20. The third kappa shape index (κ3) is 3.41. The van der Waals surface area contributed by atoms with E-state index in [9.17, 15) is 19.7 Å². The lowest BCUT2D eigenvalue weighted by molar-refractivity contribution is -0.392. The Morgan fingerprint density at radius 2 is 1.93 bits per heavy atom. The molecule has 152 valence electrons. The fourth-order valence-electron chi connectivity index (χ4n) is 4.08. The Morgan fingerprint density at radius 1 is 1.24 bits per heavy atom. The second kappa shape index (κ2) is 7.53. The zero-order valence-corrected chi connectivity index (χ0v) is 15.9. The number of benzene rings is 1. The van der Waals surface area contributed by atoms with Gasteiger partial charge in [0, 0.05) is 19.1 Å². The van der Waals surface area contributed by atoms with Gasteiger partial charge >= 0.3 is 11.9 Å². The van der Waals surface area contributed by atoms with Crippen LogP contribution in [0.2, 0.25) is 0 Å². The average Bonchev–Trinajstić information content (AvgIpc) is 3.31. The van der Waals surface area contributed by atoms with E-state index >= 15 is 0 Å². The highest BCUT2D eigenvalue weighted by Gasteiger charge is 2.41. The van der Waals surface area contributed by atoms with E-state index in [1.54, 1.807) is 9.80 Å². The van der Waals surface area contributed by atoms with Crippen LogP contribution in [0.25, 0.3) is 0 Å². The van der Waals surface area contributed by atoms with Gasteiger partial charge < -0.3 is 19.8 Å². The van der Waals surface area contributed by atoms with Gasteiger partial charge in [-0.05, 0) is 23.3 Å². The first-order valence-electron chi connectivity index (χ1n) is 9.43. The highest BCUT2D eigenvalue weighted by atomic mass is 16.6. The number of amides is 2. The first-order valence-corrected chi connectivity index (χ1v) is 9.43. The van der Waals surface area contributed by atoms with Crippen LogP contribution < -0.4 is 0 Å². The van der Waals surface area contributed by atoms with Crippen molar-refractivity contribution in [2.75, 3.05) is 19.7 Å². The normalized spacial score (nSPS) is 20.0. The highest BCUT2D eigenvalue weighted by Crippen LogP contribution is 2.33. The molecule has 2 saturated heterocycles. The number of carbonyl (C=O) groups is 2. The van der Waals surface area contributed by atoms with Gasteiger partial charge in [-0.1, -0.05) is 35.4 Å². The molecule has 1 unspecified atom stereocenters. The summed E-state index contributed by atoms with van der Waals surface area (Å²) in [6, 6.07) is 9.53. The Kier molecular flexibility index (Phi) is 4.91. The molecule has 0 saturated carbocycles. The topological polar surface area (TPSA) is 111 Å². The molecule has 10 heteroatoms. The van der Waals surface area contributed by atoms with Gasteiger partial charge in [-0.25, -0.2) is 4.79 Å². The fourth-order valence-corrected chi connectivity index (χ4v) is 4.08. The number of aryl methyl sites for hydroxylation is 1. The fraction of sp³-hybridized carbons (Fsp3) is 0.421. The van der Waals surface area contributed by atoms with E-state index in [2.05, 4.69) is 5.10 Å². The van der Waals surface area contributed by atoms with Crippen molar-refractivity contribution in [3.8, 4) is 0 Å². The molecule has 2 aliphatic heterocycles. The monoisotopic (exact) mass is 399 g/mol. The number of aromatic nitrogens is 2. The lowest BCUT2D eigenvalue weighted by Gasteiger charge is -2.37. The molecule has 0 N–H and O–H groups in total. The van der Waals surface area contributed by atoms with Crippen molar-refractivity contribution in [2.45, 2.75) is 24.9 Å². The summed E-state index contributed by atoms with van der Waals surface area (Å²) in [5.74, 6) is -0.726. The number of nitro groups is 1. The van der Waals surface area contributed by atoms with Gasteiger partial charge in [0.2, 0.25) is 0 Å². The molecule has 1 aromatic heterocycles. The van der Waals surface area contributed by atoms with Gasteiger partial charge in [0.1, 0.15) is 13.7 Å². The first-order chi connectivity index (χ1) is 14.0. The second-order valence-corrected chi connectivity index (χ2v) is 7.20. The van der Waals surface area contributed by atoms with Crippen LogP contribution in [0.15, 0.2) is 36.5 Å². The zero-order chi connectivity index (χ0) is 20.5. The molecule has 1 aromatic carbocycles. The molecule has 29 heavy (non-hydrogen) atoms. The maximum atomic E-state index is 12.8. The molecule has 0 spiro atoms. The SMILES string of the molecule is Cn1ncc(C(=O)N2CCC(N3C(=O)OCC3c3ccccc3)CC2)c1[N+](=O)[O-]. The molecule has 2 fully saturated rings. The van der Waals surface area contributed by atoms with Gasteiger partial charge in [-0.3, -0.25) is 9.69 Å². The summed E-state index contributed by atoms with van der Waals surface area (Å²) in [5.41, 5.74) is 1.00. The molecule has 1 atom stereocenters. The maximum Gasteiger partial charge on any atom is 0.410 e. The third-order valence-corrected chi connectivity index (χ3v) is 5.55. The van der Waals surface area contributed by atoms with Crippen LogP contribution in [0.4, 0.5) is 10.6 Å². The molecule has 0 bridgehead atoms. The van der Waals surface area contributed by atoms with Crippen LogP contribution in [0, 0.1) is 10.1 Å². The standard InChI is InChI=1S/C19H21N5O5/c1-21-17(24(27)28)15(11-20-21)18(25)22-9-7-14(8-10-22)23-16(12-29-19(23)26)13-5-3-2-4-6-13/h2-6,11,14,16H,7-10,12H2,1H3. The summed E-state index contributed by atoms with van der Waals surface area (Å²) in [4.78, 5) is 39.1. The van der Waals surface area contributed by atoms with Crippen LogP contribution >= 0.6 is 0 Å². The minimum absolute atomic E-state index is 0.0151. The van der Waals surface area contributed by atoms with Crippen LogP contribution in [-0.4, -0.2) is 62.2 Å². The van der Waals surface area contributed by atoms with Crippen molar-refractivity contribution in [2.24, 2.45) is 7.05 Å². The Morgan fingerprint density at radius 3 is 2.59 bits per heavy atom. The van der Waals surface area contributed by atoms with Gasteiger partial charge in [0.15, 0.2) is 5.56 Å². The number of cyclic esters (lactones) is 1. The molecule has 10 nitrogen and oxygen atoms in total. The lowest BCUT2D eigenvalue weighted by Crippen LogP contribution is -2.47. The number of piperidine rings is 1. The van der Waals surface area contributed by atoms with Crippen LogP contribution in [0.5, 0.6) is 0 Å². The van der Waals surface area contributed by atoms with Gasteiger partial charge in [-0.2, -0.15) is 0 Å². The summed E-state index contributed by atoms with van der Waals surface area (Å²) in [6.45, 7) is 1.12. The van der Waals surface area contributed by atoms with Crippen LogP contribution in [0.1, 0.15) is 34.8 Å². The smallest absolute Gasteiger partial charge is 0.410 e. The molecule has 2 aromatic rings. The predicted molar refractivity (Wildman–Crippen MR) is 101 cm³/mol. The molecule has 0 radical (unpaired) electrons. The van der Waals surface area contributed by atoms with E-state index in [1.165, 1.54) is 13.2 Å². The Bertz CT molecular complexity index is 936. The first kappa shape index (κ1) is 18.9. The largest absolute Gasteiger partial charge is 0.447 e. The summed E-state index contributed by atoms with van der Waals surface area (Å²) in [5, 5.41) is 15.1. The van der Waals surface area contributed by atoms with E-state index in [-0.39, 0.29) is 29.6 Å². The molecule has 3 heterocycles. The quantitative estimate of drug-likeness (QED) is 0.575. The molecule has 0 aliphatic carbocycles. The average molecular weight is 399 g/mol. The van der Waals surface area contributed by atoms with Crippen molar-refractivity contribution < 1.29 is 19.2 Å². The Labute approximate surface area is 166 Å². The number of likely N-dealkylation sites (tertiary alicyclic amines) is 1. The van der Waals surface area contributed by atoms with Crippen LogP contribution in [0.3, 0.4) is 0 Å². The van der Waals surface area contributed by atoms with Crippen molar-refractivity contribution >= 4 is 17.8 Å². The minimum atomic E-state index is -0.600. The van der Waals surface area contributed by atoms with E-state index < -0.39 is 10.8 Å². The van der Waals surface area contributed by atoms with Gasteiger partial charge in [-0.15, -0.1) is 4.68 Å². The van der Waals surface area contributed by atoms with Crippen molar-refractivity contribution in [3.63, 3.8) is 0 Å². The third-order valence-electron chi connectivity index (χ3n) is 5.55. The van der Waals surface area contributed by atoms with E-state index in [0.29, 0.717) is 32.5 Å². The van der Waals surface area contributed by atoms with Gasteiger partial charge in [0.25, 0.3) is 5.91 Å². The van der Waals surface area contributed by atoms with Crippen molar-refractivity contribution in [3.05, 3.63) is 57.8 Å². The Balaban J connectivity index is 1.46. The number of hydrogen-bond donors (Lipinski definition) is 0. The maximum absolute atomic E-state index is 12.8. The molecule has 2 aliphatic rings. The summed E-state index contributed by atoms with van der Waals surface area (Å²) < 4.78 is 6.38. The lowest BCUT2D eigenvalue weighted by atomic mass is 9.99. The summed E-state index contributed by atoms with van der Waals surface area (Å²) >= 11 is 0. The number of rotatable bonds is 4. The van der Waals surface area contributed by atoms with Crippen molar-refractivity contribution in [1.82, 2.24) is 19.6 Å². The molecule has 2 amide bonds. The molecule has 4 rings (SSSR count). The number of carbonyl (C=O) groups excluding carboxylic acids is 2. The van der Waals surface area contributed by atoms with E-state index in [0.717, 1.165) is 10.2 Å². The van der Waals surface area contributed by atoms with E-state index in [4.69, 9.17) is 4.74 Å². The minimum Gasteiger partial charge on any atom is -0.447 e.